The Balaban J connectivity index is 1.62. The van der Waals surface area contributed by atoms with E-state index in [2.05, 4.69) is 25.4 Å². The van der Waals surface area contributed by atoms with E-state index in [0.717, 1.165) is 16.5 Å². The molecule has 8 nitrogen and oxygen atoms in total. The number of esters is 1. The van der Waals surface area contributed by atoms with Gasteiger partial charge in [0.25, 0.3) is 0 Å². The lowest BCUT2D eigenvalue weighted by Crippen LogP contribution is -2.05. The smallest absolute Gasteiger partial charge is 0.348 e. The quantitative estimate of drug-likeness (QED) is 0.465. The molecule has 148 valence electrons. The van der Waals surface area contributed by atoms with E-state index in [1.165, 1.54) is 18.4 Å². The highest BCUT2D eigenvalue weighted by atomic mass is 35.5. The fourth-order valence-electron chi connectivity index (χ4n) is 2.89. The van der Waals surface area contributed by atoms with Gasteiger partial charge in [0.05, 0.1) is 19.0 Å². The second-order valence-electron chi connectivity index (χ2n) is 6.22. The molecule has 0 bridgehead atoms. The zero-order valence-corrected chi connectivity index (χ0v) is 17.4. The highest BCUT2D eigenvalue weighted by Gasteiger charge is 2.21. The Labute approximate surface area is 174 Å². The first-order valence-corrected chi connectivity index (χ1v) is 9.84. The molecule has 0 unspecified atom stereocenters. The molecule has 0 aliphatic rings. The minimum Gasteiger partial charge on any atom is -0.465 e. The van der Waals surface area contributed by atoms with E-state index >= 15 is 0 Å². The maximum absolute atomic E-state index is 12.0. The third kappa shape index (κ3) is 3.79. The van der Waals surface area contributed by atoms with Gasteiger partial charge in [0.1, 0.15) is 21.3 Å². The van der Waals surface area contributed by atoms with Gasteiger partial charge in [0, 0.05) is 10.6 Å². The van der Waals surface area contributed by atoms with Crippen LogP contribution in [0.4, 0.5) is 5.82 Å². The number of nitrogens with one attached hydrogen (secondary N) is 1. The Morgan fingerprint density at radius 1 is 1.28 bits per heavy atom. The molecule has 0 aliphatic carbocycles. The van der Waals surface area contributed by atoms with Gasteiger partial charge in [-0.25, -0.2) is 14.8 Å². The lowest BCUT2D eigenvalue weighted by atomic mass is 10.2. The first-order chi connectivity index (χ1) is 14.0. The van der Waals surface area contributed by atoms with E-state index in [1.807, 2.05) is 19.1 Å². The van der Waals surface area contributed by atoms with Crippen molar-refractivity contribution < 1.29 is 14.1 Å². The van der Waals surface area contributed by atoms with E-state index in [0.29, 0.717) is 38.1 Å². The van der Waals surface area contributed by atoms with E-state index in [1.54, 1.807) is 19.1 Å². The van der Waals surface area contributed by atoms with Crippen LogP contribution in [0.25, 0.3) is 21.6 Å². The molecule has 10 heteroatoms. The molecule has 0 spiro atoms. The van der Waals surface area contributed by atoms with Gasteiger partial charge in [0.15, 0.2) is 0 Å². The van der Waals surface area contributed by atoms with Gasteiger partial charge in [-0.3, -0.25) is 0 Å². The third-order valence-electron chi connectivity index (χ3n) is 4.23. The number of carbonyl (C=O) groups excluding carboxylic acids is 1. The number of aryl methyl sites for hydroxylation is 2. The van der Waals surface area contributed by atoms with Crippen molar-refractivity contribution in [2.45, 2.75) is 20.4 Å². The maximum Gasteiger partial charge on any atom is 0.348 e. The Morgan fingerprint density at radius 2 is 2.10 bits per heavy atom. The van der Waals surface area contributed by atoms with E-state index in [9.17, 15) is 4.79 Å². The molecule has 4 rings (SSSR count). The van der Waals surface area contributed by atoms with E-state index in [-0.39, 0.29) is 6.54 Å². The standard InChI is InChI=1S/C19H16ClN5O3S/c1-9-14-17(22-10(2)23-18(14)29-15(9)19(26)27-3)21-8-13-24-16(25-28-13)11-5-4-6-12(20)7-11/h4-7H,8H2,1-3H3,(H,21,22,23). The van der Waals surface area contributed by atoms with Crippen LogP contribution >= 0.6 is 22.9 Å². The fourth-order valence-corrected chi connectivity index (χ4v) is 4.23. The molecular formula is C19H16ClN5O3S. The van der Waals surface area contributed by atoms with Crippen molar-refractivity contribution in [2.75, 3.05) is 12.4 Å². The van der Waals surface area contributed by atoms with Crippen LogP contribution in [-0.2, 0) is 11.3 Å². The molecule has 1 aromatic carbocycles. The number of halogens is 1. The van der Waals surface area contributed by atoms with Gasteiger partial charge in [-0.05, 0) is 31.5 Å². The zero-order valence-electron chi connectivity index (χ0n) is 15.8. The van der Waals surface area contributed by atoms with Crippen molar-refractivity contribution in [2.24, 2.45) is 0 Å². The monoisotopic (exact) mass is 429 g/mol. The Hall–Kier alpha value is -3.04. The first-order valence-electron chi connectivity index (χ1n) is 8.64. The van der Waals surface area contributed by atoms with Crippen molar-refractivity contribution in [1.29, 1.82) is 0 Å². The van der Waals surface area contributed by atoms with Crippen LogP contribution < -0.4 is 5.32 Å². The number of methoxy groups -OCH3 is 1. The van der Waals surface area contributed by atoms with Gasteiger partial charge in [-0.2, -0.15) is 4.98 Å². The summed E-state index contributed by atoms with van der Waals surface area (Å²) in [6, 6.07) is 7.23. The second-order valence-corrected chi connectivity index (χ2v) is 7.66. The maximum atomic E-state index is 12.0. The van der Waals surface area contributed by atoms with Crippen molar-refractivity contribution in [3.8, 4) is 11.4 Å². The SMILES string of the molecule is COC(=O)c1sc2nc(C)nc(NCc3nc(-c4cccc(Cl)c4)no3)c2c1C. The van der Waals surface area contributed by atoms with Crippen molar-refractivity contribution >= 4 is 44.9 Å². The third-order valence-corrected chi connectivity index (χ3v) is 5.63. The minimum absolute atomic E-state index is 0.266. The van der Waals surface area contributed by atoms with Crippen LogP contribution in [0.3, 0.4) is 0 Å². The molecule has 29 heavy (non-hydrogen) atoms. The van der Waals surface area contributed by atoms with Crippen LogP contribution in [0.2, 0.25) is 5.02 Å². The van der Waals surface area contributed by atoms with Crippen molar-refractivity contribution in [3.63, 3.8) is 0 Å². The first kappa shape index (κ1) is 19.3. The molecule has 0 atom stereocenters. The number of hydrogen-bond donors (Lipinski definition) is 1. The highest BCUT2D eigenvalue weighted by molar-refractivity contribution is 7.20. The number of hydrogen-bond acceptors (Lipinski definition) is 9. The molecule has 4 aromatic rings. The number of carbonyl (C=O) groups is 1. The summed E-state index contributed by atoms with van der Waals surface area (Å²) >= 11 is 7.30. The van der Waals surface area contributed by atoms with Crippen LogP contribution in [0, 0.1) is 13.8 Å². The van der Waals surface area contributed by atoms with Gasteiger partial charge >= 0.3 is 5.97 Å². The average Bonchev–Trinajstić information content (AvgIpc) is 3.30. The van der Waals surface area contributed by atoms with Crippen molar-refractivity contribution in [3.05, 3.63) is 51.4 Å². The molecular weight excluding hydrogens is 414 g/mol. The van der Waals surface area contributed by atoms with Crippen LogP contribution in [0.5, 0.6) is 0 Å². The van der Waals surface area contributed by atoms with E-state index < -0.39 is 5.97 Å². The number of fused-ring (bicyclic) bond motifs is 1. The normalized spacial score (nSPS) is 11.0. The van der Waals surface area contributed by atoms with Crippen LogP contribution in [0.1, 0.15) is 27.0 Å². The lowest BCUT2D eigenvalue weighted by molar-refractivity contribution is 0.0605. The lowest BCUT2D eigenvalue weighted by Gasteiger charge is -2.06. The number of anilines is 1. The predicted octanol–water partition coefficient (Wildman–Crippen LogP) is 4.41. The molecule has 0 aliphatic heterocycles. The second kappa shape index (κ2) is 7.76. The summed E-state index contributed by atoms with van der Waals surface area (Å²) in [6.45, 7) is 3.91. The summed E-state index contributed by atoms with van der Waals surface area (Å²) in [7, 11) is 1.36. The summed E-state index contributed by atoms with van der Waals surface area (Å²) in [5.41, 5.74) is 1.54. The summed E-state index contributed by atoms with van der Waals surface area (Å²) in [5.74, 6) is 1.64. The number of nitrogens with zero attached hydrogens (tertiary/aromatic N) is 4. The molecule has 0 amide bonds. The molecule has 0 radical (unpaired) electrons. The molecule has 0 saturated carbocycles. The van der Waals surface area contributed by atoms with Crippen LogP contribution in [-0.4, -0.2) is 33.2 Å². The number of rotatable bonds is 5. The summed E-state index contributed by atoms with van der Waals surface area (Å²) in [6.07, 6.45) is 0. The fraction of sp³-hybridized carbons (Fsp3) is 0.211. The van der Waals surface area contributed by atoms with Gasteiger partial charge in [-0.1, -0.05) is 28.9 Å². The van der Waals surface area contributed by atoms with Gasteiger partial charge in [-0.15, -0.1) is 11.3 Å². The summed E-state index contributed by atoms with van der Waals surface area (Å²) in [5, 5.41) is 8.58. The Bertz CT molecular complexity index is 1220. The van der Waals surface area contributed by atoms with E-state index in [4.69, 9.17) is 20.9 Å². The van der Waals surface area contributed by atoms with Crippen LogP contribution in [0.15, 0.2) is 28.8 Å². The molecule has 0 saturated heterocycles. The predicted molar refractivity (Wildman–Crippen MR) is 110 cm³/mol. The summed E-state index contributed by atoms with van der Waals surface area (Å²) in [4.78, 5) is 26.5. The van der Waals surface area contributed by atoms with Crippen molar-refractivity contribution in [1.82, 2.24) is 20.1 Å². The highest BCUT2D eigenvalue weighted by Crippen LogP contribution is 2.34. The molecule has 0 fully saturated rings. The number of ether oxygens (including phenoxy) is 1. The minimum atomic E-state index is -0.392. The molecule has 3 aromatic heterocycles. The molecule has 3 heterocycles. The number of thiophene rings is 1. The number of benzene rings is 1. The number of aromatic nitrogens is 4. The zero-order chi connectivity index (χ0) is 20.5. The topological polar surface area (TPSA) is 103 Å². The largest absolute Gasteiger partial charge is 0.465 e. The van der Waals surface area contributed by atoms with Gasteiger partial charge in [0.2, 0.25) is 11.7 Å². The Morgan fingerprint density at radius 3 is 2.86 bits per heavy atom. The van der Waals surface area contributed by atoms with Gasteiger partial charge < -0.3 is 14.6 Å². The molecule has 1 N–H and O–H groups in total. The average molecular weight is 430 g/mol. The Kier molecular flexibility index (Phi) is 5.16. The summed E-state index contributed by atoms with van der Waals surface area (Å²) < 4.78 is 10.2.